The molecule has 5 rings (SSSR count). The van der Waals surface area contributed by atoms with E-state index in [-0.39, 0.29) is 23.0 Å². The molecule has 4 saturated carbocycles. The summed E-state index contributed by atoms with van der Waals surface area (Å²) in [4.78, 5) is 18.7. The fourth-order valence-corrected chi connectivity index (χ4v) is 9.99. The second-order valence-corrected chi connectivity index (χ2v) is 15.4. The predicted molar refractivity (Wildman–Crippen MR) is 174 cm³/mol. The molecule has 7 heteroatoms. The molecule has 3 N–H and O–H groups in total. The van der Waals surface area contributed by atoms with Crippen molar-refractivity contribution >= 4 is 17.4 Å². The number of unbranched alkanes of at least 4 members (excludes halogenated alkanes) is 1. The van der Waals surface area contributed by atoms with Crippen LogP contribution in [-0.2, 0) is 16.6 Å². The van der Waals surface area contributed by atoms with Crippen LogP contribution in [0, 0.1) is 23.2 Å². The number of nitrogens with one attached hydrogen (secondary N) is 1. The minimum atomic E-state index is -0.647. The Labute approximate surface area is 263 Å². The number of ether oxygens (including phenoxy) is 1. The zero-order valence-corrected chi connectivity index (χ0v) is 27.7. The van der Waals surface area contributed by atoms with Crippen LogP contribution in [0.15, 0.2) is 41.6 Å². The van der Waals surface area contributed by atoms with E-state index in [1.165, 1.54) is 49.0 Å². The summed E-state index contributed by atoms with van der Waals surface area (Å²) in [6, 6.07) is 0. The van der Waals surface area contributed by atoms with Gasteiger partial charge >= 0.3 is 6.09 Å². The average Bonchev–Trinajstić information content (AvgIpc) is 3.50. The zero-order chi connectivity index (χ0) is 30.8. The van der Waals surface area contributed by atoms with Gasteiger partial charge in [0.25, 0.3) is 0 Å². The number of carbonyl (C=O) groups is 1. The lowest BCUT2D eigenvalue weighted by molar-refractivity contribution is 0.0533. The first kappa shape index (κ1) is 32.4. The van der Waals surface area contributed by atoms with Crippen LogP contribution in [0.25, 0.3) is 0 Å². The van der Waals surface area contributed by atoms with Gasteiger partial charge in [-0.3, -0.25) is 0 Å². The molecule has 4 aliphatic rings. The Kier molecular flexibility index (Phi) is 10.2. The maximum atomic E-state index is 12.5. The Morgan fingerprint density at radius 1 is 1.26 bits per heavy atom. The van der Waals surface area contributed by atoms with E-state index in [1.54, 1.807) is 7.05 Å². The first-order valence-electron chi connectivity index (χ1n) is 16.9. The van der Waals surface area contributed by atoms with Crippen molar-refractivity contribution in [1.29, 1.82) is 0 Å². The summed E-state index contributed by atoms with van der Waals surface area (Å²) in [7, 11) is 1.64. The summed E-state index contributed by atoms with van der Waals surface area (Å²) in [6.07, 6.45) is 19.3. The Hall–Kier alpha value is -1.96. The lowest BCUT2D eigenvalue weighted by Gasteiger charge is -2.44. The van der Waals surface area contributed by atoms with Gasteiger partial charge in [-0.2, -0.15) is 0 Å². The summed E-state index contributed by atoms with van der Waals surface area (Å²) in [5, 5.41) is 24.3. The van der Waals surface area contributed by atoms with Gasteiger partial charge in [0.15, 0.2) is 0 Å². The fourth-order valence-electron chi connectivity index (χ4n) is 8.74. The highest BCUT2D eigenvalue weighted by molar-refractivity contribution is 7.11. The number of hydrogen-bond donors (Lipinski definition) is 3. The number of carbonyl (C=O) groups excluding carboxylic acids is 1. The van der Waals surface area contributed by atoms with Crippen LogP contribution in [0.3, 0.4) is 0 Å². The number of aliphatic hydroxyl groups excluding tert-OH is 2. The van der Waals surface area contributed by atoms with Crippen molar-refractivity contribution < 1.29 is 19.7 Å². The molecule has 43 heavy (non-hydrogen) atoms. The van der Waals surface area contributed by atoms with Crippen molar-refractivity contribution in [2.75, 3.05) is 7.05 Å². The molecular weight excluding hydrogens is 556 g/mol. The molecule has 4 fully saturated rings. The molecule has 238 valence electrons. The standard InChI is InChI=1S/C36H54N2O4S/c1-6-7-10-28-22-38-33(43-28)36(18-19-36)32(42-34(41)37-5)16-11-23(2)29-14-15-30-25(9-8-17-35(29,30)4)12-13-26-20-27(39)21-31(40)24(26)3/h12-13,22-23,27,29-32,39-40H,3,6-11,14-21H2,1-2,4-5H3,(H,37,41)/t23-,27-,29-,30+,31+,32+,35-/m1/s1. The number of alkyl carbamates (subject to hydrolysis) is 1. The molecule has 0 bridgehead atoms. The highest BCUT2D eigenvalue weighted by Crippen LogP contribution is 2.60. The third-order valence-electron chi connectivity index (χ3n) is 11.5. The first-order chi connectivity index (χ1) is 20.6. The van der Waals surface area contributed by atoms with E-state index in [0.29, 0.717) is 30.6 Å². The summed E-state index contributed by atoms with van der Waals surface area (Å²) in [6.45, 7) is 11.3. The molecule has 0 saturated heterocycles. The lowest BCUT2D eigenvalue weighted by atomic mass is 9.60. The SMILES string of the molecule is C=C1C(=CC=C2CCC[C@]3(C)[C@@H]([C@H](C)CC[C@H](OC(=O)NC)C4(c5ncc(CCCC)s5)CC4)CC[C@@H]23)C[C@@H](O)C[C@@H]1O. The van der Waals surface area contributed by atoms with Crippen LogP contribution in [0.5, 0.6) is 0 Å². The number of aromatic nitrogens is 1. The lowest BCUT2D eigenvalue weighted by Crippen LogP contribution is -2.38. The Morgan fingerprint density at radius 2 is 2.05 bits per heavy atom. The molecular formula is C36H54N2O4S. The highest BCUT2D eigenvalue weighted by atomic mass is 32.1. The van der Waals surface area contributed by atoms with Crippen LogP contribution in [0.1, 0.15) is 114 Å². The van der Waals surface area contributed by atoms with Crippen LogP contribution >= 0.6 is 11.3 Å². The first-order valence-corrected chi connectivity index (χ1v) is 17.7. The number of nitrogens with zero attached hydrogens (tertiary/aromatic N) is 1. The van der Waals surface area contributed by atoms with E-state index in [9.17, 15) is 15.0 Å². The van der Waals surface area contributed by atoms with Gasteiger partial charge in [-0.05, 0) is 111 Å². The van der Waals surface area contributed by atoms with Crippen molar-refractivity contribution in [2.24, 2.45) is 23.2 Å². The number of fused-ring (bicyclic) bond motifs is 1. The van der Waals surface area contributed by atoms with Gasteiger partial charge in [-0.25, -0.2) is 9.78 Å². The number of thiazole rings is 1. The minimum Gasteiger partial charge on any atom is -0.445 e. The topological polar surface area (TPSA) is 91.7 Å². The summed E-state index contributed by atoms with van der Waals surface area (Å²) >= 11 is 1.83. The number of aliphatic hydroxyl groups is 2. The van der Waals surface area contributed by atoms with Gasteiger partial charge in [0, 0.05) is 24.5 Å². The van der Waals surface area contributed by atoms with Gasteiger partial charge < -0.3 is 20.3 Å². The van der Waals surface area contributed by atoms with Gasteiger partial charge in [0.2, 0.25) is 0 Å². The molecule has 0 radical (unpaired) electrons. The maximum absolute atomic E-state index is 12.5. The van der Waals surface area contributed by atoms with Gasteiger partial charge in [0.05, 0.1) is 17.6 Å². The third-order valence-corrected chi connectivity index (χ3v) is 12.8. The van der Waals surface area contributed by atoms with E-state index in [0.717, 1.165) is 54.7 Å². The molecule has 1 amide bonds. The Balaban J connectivity index is 1.27. The smallest absolute Gasteiger partial charge is 0.407 e. The Morgan fingerprint density at radius 3 is 2.77 bits per heavy atom. The van der Waals surface area contributed by atoms with Crippen LogP contribution < -0.4 is 5.32 Å². The average molecular weight is 611 g/mol. The van der Waals surface area contributed by atoms with Crippen molar-refractivity contribution in [3.63, 3.8) is 0 Å². The summed E-state index contributed by atoms with van der Waals surface area (Å²) < 4.78 is 6.11. The summed E-state index contributed by atoms with van der Waals surface area (Å²) in [5.41, 5.74) is 3.42. The molecule has 0 aliphatic heterocycles. The van der Waals surface area contributed by atoms with E-state index in [4.69, 9.17) is 9.72 Å². The van der Waals surface area contributed by atoms with Crippen molar-refractivity contribution in [3.05, 3.63) is 51.5 Å². The molecule has 7 atom stereocenters. The monoisotopic (exact) mass is 610 g/mol. The van der Waals surface area contributed by atoms with Crippen molar-refractivity contribution in [2.45, 2.75) is 134 Å². The second-order valence-electron chi connectivity index (χ2n) is 14.3. The van der Waals surface area contributed by atoms with Gasteiger partial charge in [0.1, 0.15) is 11.1 Å². The normalized spacial score (nSPS) is 33.3. The largest absolute Gasteiger partial charge is 0.445 e. The Bertz CT molecular complexity index is 1220. The van der Waals surface area contributed by atoms with Crippen molar-refractivity contribution in [1.82, 2.24) is 10.3 Å². The van der Waals surface area contributed by atoms with Crippen LogP contribution in [0.2, 0.25) is 0 Å². The van der Waals surface area contributed by atoms with Gasteiger partial charge in [-0.1, -0.05) is 51.5 Å². The zero-order valence-electron chi connectivity index (χ0n) is 26.9. The third kappa shape index (κ3) is 6.84. The molecule has 1 aromatic rings. The molecule has 0 unspecified atom stereocenters. The highest BCUT2D eigenvalue weighted by Gasteiger charge is 2.56. The van der Waals surface area contributed by atoms with Crippen LogP contribution in [0.4, 0.5) is 4.79 Å². The van der Waals surface area contributed by atoms with E-state index < -0.39 is 12.2 Å². The van der Waals surface area contributed by atoms with Gasteiger partial charge in [-0.15, -0.1) is 11.3 Å². The second kappa shape index (κ2) is 13.6. The van der Waals surface area contributed by atoms with E-state index in [1.807, 2.05) is 17.5 Å². The van der Waals surface area contributed by atoms with E-state index >= 15 is 0 Å². The van der Waals surface area contributed by atoms with E-state index in [2.05, 4.69) is 44.8 Å². The number of amides is 1. The number of rotatable bonds is 11. The molecule has 0 aromatic carbocycles. The number of allylic oxidation sites excluding steroid dienone is 3. The summed E-state index contributed by atoms with van der Waals surface area (Å²) in [5.74, 6) is 1.75. The van der Waals surface area contributed by atoms with Crippen molar-refractivity contribution in [3.8, 4) is 0 Å². The number of hydrogen-bond acceptors (Lipinski definition) is 6. The van der Waals surface area contributed by atoms with Crippen LogP contribution in [-0.4, -0.2) is 46.6 Å². The minimum absolute atomic E-state index is 0.123. The predicted octanol–water partition coefficient (Wildman–Crippen LogP) is 7.80. The molecule has 0 spiro atoms. The fraction of sp³-hybridized carbons (Fsp3) is 0.722. The molecule has 1 heterocycles. The quantitative estimate of drug-likeness (QED) is 0.238. The maximum Gasteiger partial charge on any atom is 0.407 e. The molecule has 4 aliphatic carbocycles. The molecule has 1 aromatic heterocycles. The number of aryl methyl sites for hydroxylation is 1. The molecule has 6 nitrogen and oxygen atoms in total.